The number of nitrogens with zero attached hydrogens (tertiary/aromatic N) is 5. The lowest BCUT2D eigenvalue weighted by Gasteiger charge is -2.37. The Morgan fingerprint density at radius 3 is 2.58 bits per heavy atom. The highest BCUT2D eigenvalue weighted by Crippen LogP contribution is 2.37. The molecule has 2 aromatic rings. The van der Waals surface area contributed by atoms with Crippen molar-refractivity contribution >= 4 is 46.1 Å². The zero-order chi connectivity index (χ0) is 25.8. The summed E-state index contributed by atoms with van der Waals surface area (Å²) in [6.07, 6.45) is 5.13. The van der Waals surface area contributed by atoms with E-state index < -0.39 is 0 Å². The Hall–Kier alpha value is -2.87. The molecule has 2 aliphatic heterocycles. The van der Waals surface area contributed by atoms with Crippen LogP contribution in [0.15, 0.2) is 32.5 Å². The second-order valence-electron chi connectivity index (χ2n) is 8.93. The number of hydrogen-bond acceptors (Lipinski definition) is 8. The summed E-state index contributed by atoms with van der Waals surface area (Å²) in [5, 5.41) is 9.87. The fourth-order valence-electron chi connectivity index (χ4n) is 4.61. The van der Waals surface area contributed by atoms with Crippen LogP contribution < -0.4 is 10.5 Å². The number of unbranched alkanes of at least 4 members (excludes halogenated alkanes) is 1. The van der Waals surface area contributed by atoms with Gasteiger partial charge < -0.3 is 14.2 Å². The lowest BCUT2D eigenvalue weighted by molar-refractivity contribution is -0.122. The summed E-state index contributed by atoms with van der Waals surface area (Å²) in [5.41, 5.74) is 1.20. The lowest BCUT2D eigenvalue weighted by atomic mass is 10.0. The molecule has 0 saturated carbocycles. The summed E-state index contributed by atoms with van der Waals surface area (Å²) in [6.45, 7) is 11.1. The van der Waals surface area contributed by atoms with Gasteiger partial charge in [0, 0.05) is 38.3 Å². The van der Waals surface area contributed by atoms with E-state index in [0.29, 0.717) is 27.1 Å². The smallest absolute Gasteiger partial charge is 0.270 e. The van der Waals surface area contributed by atoms with Crippen LogP contribution in [-0.2, 0) is 17.9 Å². The fourth-order valence-corrected chi connectivity index (χ4v) is 5.85. The molecule has 2 aromatic heterocycles. The summed E-state index contributed by atoms with van der Waals surface area (Å²) in [6, 6.07) is 5.71. The number of pyridine rings is 1. The van der Waals surface area contributed by atoms with Gasteiger partial charge in [0.1, 0.15) is 27.5 Å². The Bertz CT molecular complexity index is 1270. The highest BCUT2D eigenvalue weighted by Gasteiger charge is 2.34. The van der Waals surface area contributed by atoms with Gasteiger partial charge in [0.2, 0.25) is 0 Å². The number of thioether (sulfide) groups is 1. The molecule has 2 fully saturated rings. The summed E-state index contributed by atoms with van der Waals surface area (Å²) in [4.78, 5) is 33.4. The molecule has 2 saturated heterocycles. The molecule has 10 heteroatoms. The predicted molar refractivity (Wildman–Crippen MR) is 147 cm³/mol. The van der Waals surface area contributed by atoms with Crippen LogP contribution in [0.5, 0.6) is 0 Å². The number of carbonyl (C=O) groups is 1. The number of furan rings is 1. The van der Waals surface area contributed by atoms with Crippen LogP contribution >= 0.6 is 24.0 Å². The van der Waals surface area contributed by atoms with Crippen LogP contribution in [0.4, 0.5) is 5.82 Å². The van der Waals surface area contributed by atoms with Gasteiger partial charge in [0.05, 0.1) is 17.7 Å². The zero-order valence-electron chi connectivity index (χ0n) is 21.0. The summed E-state index contributed by atoms with van der Waals surface area (Å²) < 4.78 is 7.61. The molecule has 0 radical (unpaired) electrons. The van der Waals surface area contributed by atoms with Crippen LogP contribution in [0.1, 0.15) is 49.1 Å². The van der Waals surface area contributed by atoms with Crippen molar-refractivity contribution in [2.45, 2.75) is 46.7 Å². The number of thiocarbonyl (C=S) groups is 1. The van der Waals surface area contributed by atoms with E-state index >= 15 is 0 Å². The van der Waals surface area contributed by atoms with Crippen LogP contribution in [0.25, 0.3) is 6.08 Å². The number of amides is 1. The van der Waals surface area contributed by atoms with Crippen LogP contribution in [0.3, 0.4) is 0 Å². The van der Waals surface area contributed by atoms with Gasteiger partial charge in [0.25, 0.3) is 11.5 Å². The standard InChI is InChI=1S/C26H31N5O3S2/c1-4-6-9-30-23(29-12-10-28(5-2)11-13-29)20(18(3)21(16-27)24(30)32)15-22-25(33)31(26(35)36-22)17-19-8-7-14-34-19/h7-8,14-15H,4-6,9-13,17H2,1-3H3/b22-15+. The van der Waals surface area contributed by atoms with E-state index in [-0.39, 0.29) is 23.6 Å². The number of likely N-dealkylation sites (N-methyl/N-ethyl adjacent to an activating group) is 1. The highest BCUT2D eigenvalue weighted by atomic mass is 32.2. The molecule has 8 nitrogen and oxygen atoms in total. The molecule has 0 aliphatic carbocycles. The van der Waals surface area contributed by atoms with E-state index in [1.54, 1.807) is 23.8 Å². The zero-order valence-corrected chi connectivity index (χ0v) is 22.6. The quantitative estimate of drug-likeness (QED) is 0.378. The van der Waals surface area contributed by atoms with E-state index in [1.807, 2.05) is 12.1 Å². The molecule has 36 heavy (non-hydrogen) atoms. The maximum atomic E-state index is 13.4. The van der Waals surface area contributed by atoms with Gasteiger partial charge in [0.15, 0.2) is 0 Å². The van der Waals surface area contributed by atoms with Crippen molar-refractivity contribution < 1.29 is 9.21 Å². The number of piperazine rings is 1. The van der Waals surface area contributed by atoms with Gasteiger partial charge in [-0.15, -0.1) is 0 Å². The van der Waals surface area contributed by atoms with E-state index in [9.17, 15) is 14.9 Å². The van der Waals surface area contributed by atoms with Crippen molar-refractivity contribution in [1.82, 2.24) is 14.4 Å². The average molecular weight is 526 g/mol. The first-order chi connectivity index (χ1) is 17.4. The molecule has 0 N–H and O–H groups in total. The summed E-state index contributed by atoms with van der Waals surface area (Å²) in [5.74, 6) is 1.24. The number of nitriles is 1. The maximum Gasteiger partial charge on any atom is 0.270 e. The number of rotatable bonds is 8. The van der Waals surface area contributed by atoms with Crippen molar-refractivity contribution in [1.29, 1.82) is 5.26 Å². The van der Waals surface area contributed by atoms with Gasteiger partial charge in [-0.1, -0.05) is 44.2 Å². The Labute approximate surface area is 221 Å². The monoisotopic (exact) mass is 525 g/mol. The molecule has 4 rings (SSSR count). The van der Waals surface area contributed by atoms with Gasteiger partial charge in [-0.3, -0.25) is 19.1 Å². The van der Waals surface area contributed by atoms with Crippen molar-refractivity contribution in [3.05, 3.63) is 56.1 Å². The van der Waals surface area contributed by atoms with E-state index in [0.717, 1.165) is 56.9 Å². The first-order valence-electron chi connectivity index (χ1n) is 12.3. The average Bonchev–Trinajstić information content (AvgIpc) is 3.49. The van der Waals surface area contributed by atoms with Crippen LogP contribution in [0, 0.1) is 18.3 Å². The third-order valence-corrected chi connectivity index (χ3v) is 8.12. The second-order valence-corrected chi connectivity index (χ2v) is 10.6. The highest BCUT2D eigenvalue weighted by molar-refractivity contribution is 8.26. The molecule has 1 amide bonds. The molecule has 4 heterocycles. The lowest BCUT2D eigenvalue weighted by Crippen LogP contribution is -2.48. The third-order valence-electron chi connectivity index (χ3n) is 6.74. The molecule has 0 atom stereocenters. The number of carbonyl (C=O) groups excluding carboxylic acids is 1. The topological polar surface area (TPSA) is 85.7 Å². The SMILES string of the molecule is CCCCn1c(N2CCN(CC)CC2)c(/C=C2/SC(=S)N(Cc3ccco3)C2=O)c(C)c(C#N)c1=O. The molecule has 0 bridgehead atoms. The summed E-state index contributed by atoms with van der Waals surface area (Å²) >= 11 is 6.75. The third kappa shape index (κ3) is 5.14. The normalized spacial score (nSPS) is 17.9. The largest absolute Gasteiger partial charge is 0.467 e. The van der Waals surface area contributed by atoms with E-state index in [1.165, 1.54) is 16.7 Å². The number of aromatic nitrogens is 1. The van der Waals surface area contributed by atoms with Crippen molar-refractivity contribution in [2.24, 2.45) is 0 Å². The van der Waals surface area contributed by atoms with E-state index in [4.69, 9.17) is 16.6 Å². The Kier molecular flexibility index (Phi) is 8.34. The van der Waals surface area contributed by atoms with Gasteiger partial charge in [-0.25, -0.2) is 0 Å². The molecule has 0 spiro atoms. The summed E-state index contributed by atoms with van der Waals surface area (Å²) in [7, 11) is 0. The van der Waals surface area contributed by atoms with Crippen LogP contribution in [-0.4, -0.2) is 57.3 Å². The second kappa shape index (κ2) is 11.5. The van der Waals surface area contributed by atoms with Gasteiger partial charge in [-0.2, -0.15) is 5.26 Å². The Morgan fingerprint density at radius 2 is 1.97 bits per heavy atom. The van der Waals surface area contributed by atoms with Gasteiger partial charge >= 0.3 is 0 Å². The van der Waals surface area contributed by atoms with Crippen LogP contribution in [0.2, 0.25) is 0 Å². The molecule has 2 aliphatic rings. The minimum atomic E-state index is -0.265. The first kappa shape index (κ1) is 26.2. The van der Waals surface area contributed by atoms with Crippen molar-refractivity contribution in [3.63, 3.8) is 0 Å². The molecule has 0 aromatic carbocycles. The van der Waals surface area contributed by atoms with Crippen molar-refractivity contribution in [3.8, 4) is 6.07 Å². The molecule has 0 unspecified atom stereocenters. The van der Waals surface area contributed by atoms with Crippen molar-refractivity contribution in [2.75, 3.05) is 37.6 Å². The Morgan fingerprint density at radius 1 is 1.22 bits per heavy atom. The maximum absolute atomic E-state index is 13.4. The number of hydrogen-bond donors (Lipinski definition) is 0. The fraction of sp³-hybridized carbons (Fsp3) is 0.462. The number of anilines is 1. The van der Waals surface area contributed by atoms with Gasteiger partial charge in [-0.05, 0) is 43.7 Å². The molecular weight excluding hydrogens is 494 g/mol. The molecule has 190 valence electrons. The molecular formula is C26H31N5O3S2. The minimum Gasteiger partial charge on any atom is -0.467 e. The Balaban J connectivity index is 1.82. The van der Waals surface area contributed by atoms with E-state index in [2.05, 4.69) is 29.7 Å². The first-order valence-corrected chi connectivity index (χ1v) is 13.5. The predicted octanol–water partition coefficient (Wildman–Crippen LogP) is 3.96. The minimum absolute atomic E-state index is 0.124.